The smallest absolute Gasteiger partial charge is 0.396 e. The molecule has 0 aromatic rings. The van der Waals surface area contributed by atoms with Gasteiger partial charge in [0.15, 0.2) is 0 Å². The second-order valence-corrected chi connectivity index (χ2v) is 5.82. The van der Waals surface area contributed by atoms with Crippen LogP contribution in [0, 0.1) is 0 Å². The first-order valence-corrected chi connectivity index (χ1v) is 8.37. The zero-order valence-corrected chi connectivity index (χ0v) is 19.2. The van der Waals surface area contributed by atoms with Crippen LogP contribution in [0.2, 0.25) is 0 Å². The minimum Gasteiger partial charge on any atom is -0.396 e. The Hall–Kier alpha value is -1.31. The van der Waals surface area contributed by atoms with Crippen LogP contribution in [0.5, 0.6) is 0 Å². The molecule has 0 bridgehead atoms. The Balaban J connectivity index is -0.0000000793. The molecule has 152 valence electrons. The molecule has 0 aromatic carbocycles. The third kappa shape index (κ3) is 78.9. The van der Waals surface area contributed by atoms with Crippen molar-refractivity contribution in [3.63, 3.8) is 0 Å². The standard InChI is InChI=1S/3C5H8O2.C4H10O.Ti/c3*1-4(6)3-5(2)7;1-2-3-4-5;/h3*3H2,1-2H3;5H,2-4H2,1H3;/q;;;;+4. The van der Waals surface area contributed by atoms with Gasteiger partial charge in [-0.05, 0) is 48.0 Å². The summed E-state index contributed by atoms with van der Waals surface area (Å²) in [4.78, 5) is 60.2. The molecular weight excluding hydrogens is 388 g/mol. The van der Waals surface area contributed by atoms with Gasteiger partial charge in [0, 0.05) is 6.61 Å². The van der Waals surface area contributed by atoms with Gasteiger partial charge in [-0.15, -0.1) is 0 Å². The Bertz CT molecular complexity index is 357. The summed E-state index contributed by atoms with van der Waals surface area (Å²) in [6.07, 6.45) is 2.29. The summed E-state index contributed by atoms with van der Waals surface area (Å²) in [6, 6.07) is 0. The van der Waals surface area contributed by atoms with Gasteiger partial charge in [0.1, 0.15) is 34.7 Å². The van der Waals surface area contributed by atoms with Crippen LogP contribution in [0.3, 0.4) is 0 Å². The molecule has 0 unspecified atom stereocenters. The average Bonchev–Trinajstić information content (AvgIpc) is 2.36. The number of carbonyl (C=O) groups excluding carboxylic acids is 6. The van der Waals surface area contributed by atoms with Crippen molar-refractivity contribution in [1.29, 1.82) is 0 Å². The van der Waals surface area contributed by atoms with E-state index in [2.05, 4.69) is 6.92 Å². The molecule has 27 heavy (non-hydrogen) atoms. The molecule has 0 aliphatic carbocycles. The van der Waals surface area contributed by atoms with E-state index in [0.29, 0.717) is 6.61 Å². The van der Waals surface area contributed by atoms with Gasteiger partial charge >= 0.3 is 21.7 Å². The van der Waals surface area contributed by atoms with Gasteiger partial charge in [0.2, 0.25) is 0 Å². The molecule has 7 nitrogen and oxygen atoms in total. The first kappa shape index (κ1) is 36.6. The molecule has 0 rings (SSSR count). The maximum absolute atomic E-state index is 10.0. The van der Waals surface area contributed by atoms with Crippen LogP contribution in [0.25, 0.3) is 0 Å². The quantitative estimate of drug-likeness (QED) is 0.471. The maximum atomic E-state index is 10.0. The van der Waals surface area contributed by atoms with Crippen molar-refractivity contribution in [2.24, 2.45) is 0 Å². The summed E-state index contributed by atoms with van der Waals surface area (Å²) in [5.41, 5.74) is 0. The molecular formula is C19H34O7Ti+4. The number of Topliss-reactive ketones (excluding diaryl/α,β-unsaturated/α-hetero) is 6. The third-order valence-corrected chi connectivity index (χ3v) is 2.01. The van der Waals surface area contributed by atoms with Gasteiger partial charge in [-0.1, -0.05) is 13.3 Å². The molecule has 0 aromatic heterocycles. The largest absolute Gasteiger partial charge is 4.00 e. The Morgan fingerprint density at radius 1 is 0.556 bits per heavy atom. The molecule has 0 saturated heterocycles. The van der Waals surface area contributed by atoms with E-state index in [-0.39, 0.29) is 75.7 Å². The Morgan fingerprint density at radius 3 is 0.741 bits per heavy atom. The molecule has 0 aliphatic heterocycles. The van der Waals surface area contributed by atoms with Gasteiger partial charge in [0.05, 0.1) is 19.3 Å². The van der Waals surface area contributed by atoms with Crippen LogP contribution in [0.15, 0.2) is 0 Å². The van der Waals surface area contributed by atoms with Crippen LogP contribution in [0.1, 0.15) is 80.6 Å². The third-order valence-electron chi connectivity index (χ3n) is 2.01. The Kier molecular flexibility index (Phi) is 36.5. The molecule has 0 amide bonds. The zero-order chi connectivity index (χ0) is 21.7. The van der Waals surface area contributed by atoms with E-state index in [1.165, 1.54) is 41.5 Å². The fraction of sp³-hybridized carbons (Fsp3) is 0.684. The monoisotopic (exact) mass is 422 g/mol. The fourth-order valence-electron chi connectivity index (χ4n) is 1.21. The van der Waals surface area contributed by atoms with E-state index in [9.17, 15) is 28.8 Å². The van der Waals surface area contributed by atoms with Crippen LogP contribution >= 0.6 is 0 Å². The molecule has 0 radical (unpaired) electrons. The molecule has 0 saturated carbocycles. The molecule has 0 aliphatic rings. The second-order valence-electron chi connectivity index (χ2n) is 5.82. The topological polar surface area (TPSA) is 123 Å². The van der Waals surface area contributed by atoms with Crippen molar-refractivity contribution in [1.82, 2.24) is 0 Å². The number of hydrogen-bond acceptors (Lipinski definition) is 7. The van der Waals surface area contributed by atoms with Gasteiger partial charge < -0.3 is 5.11 Å². The first-order chi connectivity index (χ1) is 11.8. The van der Waals surface area contributed by atoms with Crippen molar-refractivity contribution in [3.05, 3.63) is 0 Å². The molecule has 0 heterocycles. The second kappa shape index (κ2) is 26.9. The Labute approximate surface area is 177 Å². The number of carbonyl (C=O) groups is 6. The Morgan fingerprint density at radius 2 is 0.741 bits per heavy atom. The fourth-order valence-corrected chi connectivity index (χ4v) is 1.21. The van der Waals surface area contributed by atoms with Crippen molar-refractivity contribution in [3.8, 4) is 0 Å². The van der Waals surface area contributed by atoms with E-state index in [0.717, 1.165) is 12.8 Å². The number of ketones is 6. The number of hydrogen-bond donors (Lipinski definition) is 1. The minimum atomic E-state index is -0.0625. The first-order valence-electron chi connectivity index (χ1n) is 8.37. The van der Waals surface area contributed by atoms with E-state index < -0.39 is 0 Å². The summed E-state index contributed by atoms with van der Waals surface area (Å²) in [5, 5.41) is 8.07. The molecule has 0 atom stereocenters. The van der Waals surface area contributed by atoms with Gasteiger partial charge in [-0.25, -0.2) is 0 Å². The van der Waals surface area contributed by atoms with Crippen molar-refractivity contribution < 1.29 is 55.6 Å². The van der Waals surface area contributed by atoms with Gasteiger partial charge in [-0.3, -0.25) is 28.8 Å². The van der Waals surface area contributed by atoms with Crippen LogP contribution in [-0.2, 0) is 50.5 Å². The van der Waals surface area contributed by atoms with E-state index in [1.54, 1.807) is 0 Å². The summed E-state index contributed by atoms with van der Waals surface area (Å²) in [6.45, 7) is 10.8. The van der Waals surface area contributed by atoms with Crippen molar-refractivity contribution >= 4 is 34.7 Å². The summed E-state index contributed by atoms with van der Waals surface area (Å²) in [5.74, 6) is -0.375. The van der Waals surface area contributed by atoms with E-state index >= 15 is 0 Å². The number of aliphatic hydroxyl groups excluding tert-OH is 1. The summed E-state index contributed by atoms with van der Waals surface area (Å²) in [7, 11) is 0. The SMILES string of the molecule is CC(=O)CC(C)=O.CC(=O)CC(C)=O.CC(=O)CC(C)=O.CCCCO.[Ti+4]. The summed E-state index contributed by atoms with van der Waals surface area (Å²) >= 11 is 0. The number of unbranched alkanes of at least 4 members (excludes halogenated alkanes) is 1. The maximum Gasteiger partial charge on any atom is 4.00 e. The van der Waals surface area contributed by atoms with E-state index in [1.807, 2.05) is 0 Å². The van der Waals surface area contributed by atoms with Crippen LogP contribution in [-0.4, -0.2) is 46.4 Å². The normalized spacial score (nSPS) is 8.00. The summed E-state index contributed by atoms with van der Waals surface area (Å²) < 4.78 is 0. The van der Waals surface area contributed by atoms with E-state index in [4.69, 9.17) is 5.11 Å². The number of aliphatic hydroxyl groups is 1. The zero-order valence-electron chi connectivity index (χ0n) is 17.6. The minimum absolute atomic E-state index is 0. The molecule has 1 N–H and O–H groups in total. The predicted octanol–water partition coefficient (Wildman–Crippen LogP) is 2.44. The van der Waals surface area contributed by atoms with Crippen molar-refractivity contribution in [2.45, 2.75) is 80.6 Å². The molecule has 0 spiro atoms. The average molecular weight is 422 g/mol. The van der Waals surface area contributed by atoms with Gasteiger partial charge in [-0.2, -0.15) is 0 Å². The predicted molar refractivity (Wildman–Crippen MR) is 99.9 cm³/mol. The molecule has 8 heteroatoms. The van der Waals surface area contributed by atoms with Crippen LogP contribution < -0.4 is 0 Å². The number of rotatable bonds is 8. The van der Waals surface area contributed by atoms with Gasteiger partial charge in [0.25, 0.3) is 0 Å². The van der Waals surface area contributed by atoms with Crippen LogP contribution in [0.4, 0.5) is 0 Å². The molecule has 0 fully saturated rings. The van der Waals surface area contributed by atoms with Crippen molar-refractivity contribution in [2.75, 3.05) is 6.61 Å².